The average molecular weight is 625 g/mol. The number of aromatic nitrogens is 5. The van der Waals surface area contributed by atoms with Gasteiger partial charge in [-0.15, -0.1) is 24.5 Å². The summed E-state index contributed by atoms with van der Waals surface area (Å²) >= 11 is 2.85. The fourth-order valence-electron chi connectivity index (χ4n) is 4.46. The van der Waals surface area contributed by atoms with Crippen LogP contribution in [-0.4, -0.2) is 67.2 Å². The van der Waals surface area contributed by atoms with Crippen molar-refractivity contribution in [3.05, 3.63) is 84.4 Å². The lowest BCUT2D eigenvalue weighted by atomic mass is 10.2. The van der Waals surface area contributed by atoms with E-state index in [1.165, 1.54) is 42.5 Å². The van der Waals surface area contributed by atoms with E-state index in [1.54, 1.807) is 29.9 Å². The van der Waals surface area contributed by atoms with Gasteiger partial charge in [-0.05, 0) is 60.5 Å². The number of hydrogen-bond acceptors (Lipinski definition) is 11. The maximum atomic E-state index is 13.6. The van der Waals surface area contributed by atoms with E-state index < -0.39 is 12.4 Å². The predicted octanol–water partition coefficient (Wildman–Crippen LogP) is 4.96. The first-order chi connectivity index (χ1) is 20.8. The van der Waals surface area contributed by atoms with Crippen molar-refractivity contribution in [2.75, 3.05) is 24.5 Å². The number of hydrogen-bond donors (Lipinski definition) is 1. The van der Waals surface area contributed by atoms with Crippen molar-refractivity contribution in [1.82, 2.24) is 34.5 Å². The number of nitrogens with zero attached hydrogens (tertiary/aromatic N) is 7. The smallest absolute Gasteiger partial charge is 0.406 e. The van der Waals surface area contributed by atoms with Crippen LogP contribution in [0.2, 0.25) is 0 Å². The zero-order valence-corrected chi connectivity index (χ0v) is 23.9. The number of benzene rings is 1. The number of pyridine rings is 1. The Morgan fingerprint density at radius 1 is 1.05 bits per heavy atom. The van der Waals surface area contributed by atoms with Crippen LogP contribution >= 0.6 is 23.3 Å². The number of carbonyl (C=O) groups excluding carboxylic acids is 1. The molecular weight excluding hydrogens is 601 g/mol. The molecule has 10 nitrogen and oxygen atoms in total. The summed E-state index contributed by atoms with van der Waals surface area (Å²) in [7, 11) is 0. The molecule has 1 fully saturated rings. The molecule has 0 aliphatic carbocycles. The third kappa shape index (κ3) is 7.18. The van der Waals surface area contributed by atoms with E-state index in [0.717, 1.165) is 15.4 Å². The van der Waals surface area contributed by atoms with Gasteiger partial charge in [0.1, 0.15) is 29.5 Å². The molecule has 1 N–H and O–H groups in total. The van der Waals surface area contributed by atoms with Crippen LogP contribution < -0.4 is 15.0 Å². The maximum Gasteiger partial charge on any atom is 0.573 e. The fraction of sp³-hybridized carbons (Fsp3) is 0.214. The Morgan fingerprint density at radius 3 is 2.70 bits per heavy atom. The highest BCUT2D eigenvalue weighted by Gasteiger charge is 2.34. The molecule has 5 aromatic rings. The largest absolute Gasteiger partial charge is 0.573 e. The number of ether oxygens (including phenoxy) is 1. The Labute approximate surface area is 252 Å². The number of nitrogens with one attached hydrogen (secondary N) is 1. The van der Waals surface area contributed by atoms with E-state index in [2.05, 4.69) is 35.0 Å². The summed E-state index contributed by atoms with van der Waals surface area (Å²) in [6, 6.07) is 14.6. The predicted molar refractivity (Wildman–Crippen MR) is 156 cm³/mol. The van der Waals surface area contributed by atoms with Crippen LogP contribution in [0, 0.1) is 0 Å². The molecule has 1 atom stereocenters. The van der Waals surface area contributed by atoms with Gasteiger partial charge in [0.25, 0.3) is 0 Å². The highest BCUT2D eigenvalue weighted by Crippen LogP contribution is 2.32. The van der Waals surface area contributed by atoms with Crippen molar-refractivity contribution in [2.45, 2.75) is 23.8 Å². The van der Waals surface area contributed by atoms with Crippen LogP contribution in [0.4, 0.5) is 19.0 Å². The SMILES string of the molecule is O=C(NCc1ccc(-c2ccccn2)s1)[C@H]1CN(c2cnc3cncnc3n2)CCN1Sc1ccc(OC(F)(F)F)cc1. The van der Waals surface area contributed by atoms with Crippen LogP contribution in [0.1, 0.15) is 4.88 Å². The molecule has 1 aliphatic rings. The standard InChI is InChI=1S/C28H23F3N8O2S2/c29-28(30,31)41-18-4-6-19(7-5-18)43-39-12-11-38(25-15-34-22-14-32-17-36-26(22)37-25)16-23(39)27(40)35-13-20-8-9-24(42-20)21-3-1-2-10-33-21/h1-10,14-15,17,23H,11-13,16H2,(H,35,40)/t23-/m1/s1. The molecule has 0 radical (unpaired) electrons. The highest BCUT2D eigenvalue weighted by atomic mass is 32.2. The van der Waals surface area contributed by atoms with Crippen LogP contribution in [0.5, 0.6) is 5.75 Å². The summed E-state index contributed by atoms with van der Waals surface area (Å²) in [6.45, 7) is 1.65. The first-order valence-corrected chi connectivity index (χ1v) is 14.7. The number of piperazine rings is 1. The van der Waals surface area contributed by atoms with E-state index >= 15 is 0 Å². The van der Waals surface area contributed by atoms with Crippen LogP contribution in [0.15, 0.2) is 84.4 Å². The van der Waals surface area contributed by atoms with Gasteiger partial charge in [0, 0.05) is 35.6 Å². The molecule has 0 saturated carbocycles. The molecule has 15 heteroatoms. The molecule has 6 rings (SSSR count). The highest BCUT2D eigenvalue weighted by molar-refractivity contribution is 7.97. The summed E-state index contributed by atoms with van der Waals surface area (Å²) < 4.78 is 43.7. The van der Waals surface area contributed by atoms with Gasteiger partial charge < -0.3 is 15.0 Å². The van der Waals surface area contributed by atoms with Crippen molar-refractivity contribution < 1.29 is 22.7 Å². The number of carbonyl (C=O) groups is 1. The van der Waals surface area contributed by atoms with E-state index in [0.29, 0.717) is 48.1 Å². The summed E-state index contributed by atoms with van der Waals surface area (Å²) in [4.78, 5) is 39.8. The molecule has 4 aromatic heterocycles. The molecule has 0 bridgehead atoms. The minimum Gasteiger partial charge on any atom is -0.406 e. The molecule has 1 saturated heterocycles. The topological polar surface area (TPSA) is 109 Å². The summed E-state index contributed by atoms with van der Waals surface area (Å²) in [5.41, 5.74) is 1.88. The van der Waals surface area contributed by atoms with Gasteiger partial charge in [-0.3, -0.25) is 9.78 Å². The number of halogens is 3. The van der Waals surface area contributed by atoms with E-state index in [9.17, 15) is 18.0 Å². The molecule has 1 amide bonds. The zero-order valence-electron chi connectivity index (χ0n) is 22.3. The number of alkyl halides is 3. The minimum absolute atomic E-state index is 0.196. The first kappa shape index (κ1) is 28.8. The minimum atomic E-state index is -4.77. The van der Waals surface area contributed by atoms with E-state index in [4.69, 9.17) is 0 Å². The first-order valence-electron chi connectivity index (χ1n) is 13.1. The fourth-order valence-corrected chi connectivity index (χ4v) is 6.37. The van der Waals surface area contributed by atoms with Crippen molar-refractivity contribution in [2.24, 2.45) is 0 Å². The van der Waals surface area contributed by atoms with Gasteiger partial charge in [-0.2, -0.15) is 0 Å². The van der Waals surface area contributed by atoms with Gasteiger partial charge in [0.05, 0.1) is 29.5 Å². The van der Waals surface area contributed by atoms with Gasteiger partial charge in [0.15, 0.2) is 5.65 Å². The summed E-state index contributed by atoms with van der Waals surface area (Å²) in [6.07, 6.45) is 1.58. The van der Waals surface area contributed by atoms with E-state index in [-0.39, 0.29) is 11.7 Å². The molecule has 5 heterocycles. The van der Waals surface area contributed by atoms with Crippen molar-refractivity contribution >= 4 is 46.2 Å². The molecule has 43 heavy (non-hydrogen) atoms. The summed E-state index contributed by atoms with van der Waals surface area (Å²) in [5.74, 6) is 0.0781. The van der Waals surface area contributed by atoms with E-state index in [1.807, 2.05) is 39.5 Å². The normalized spacial score (nSPS) is 15.9. The second-order valence-corrected chi connectivity index (χ2v) is 11.7. The lowest BCUT2D eigenvalue weighted by molar-refractivity contribution is -0.274. The number of rotatable bonds is 8. The quantitative estimate of drug-likeness (QED) is 0.238. The van der Waals surface area contributed by atoms with Crippen LogP contribution in [-0.2, 0) is 11.3 Å². The van der Waals surface area contributed by atoms with Crippen molar-refractivity contribution in [3.8, 4) is 16.3 Å². The molecule has 1 aliphatic heterocycles. The maximum absolute atomic E-state index is 13.6. The lowest BCUT2D eigenvalue weighted by Crippen LogP contribution is -2.56. The second-order valence-electron chi connectivity index (χ2n) is 9.37. The van der Waals surface area contributed by atoms with Crippen molar-refractivity contribution in [1.29, 1.82) is 0 Å². The summed E-state index contributed by atoms with van der Waals surface area (Å²) in [5, 5.41) is 3.05. The third-order valence-electron chi connectivity index (χ3n) is 6.47. The van der Waals surface area contributed by atoms with Crippen LogP contribution in [0.25, 0.3) is 21.7 Å². The van der Waals surface area contributed by atoms with Gasteiger partial charge in [-0.25, -0.2) is 24.2 Å². The van der Waals surface area contributed by atoms with Gasteiger partial charge in [-0.1, -0.05) is 6.07 Å². The number of fused-ring (bicyclic) bond motifs is 1. The Morgan fingerprint density at radius 2 is 1.91 bits per heavy atom. The number of thiophene rings is 1. The lowest BCUT2D eigenvalue weighted by Gasteiger charge is -2.40. The van der Waals surface area contributed by atoms with Gasteiger partial charge in [0.2, 0.25) is 5.91 Å². The average Bonchev–Trinajstić information content (AvgIpc) is 3.50. The number of amides is 1. The number of anilines is 1. The molecule has 0 spiro atoms. The zero-order chi connectivity index (χ0) is 29.8. The van der Waals surface area contributed by atoms with Crippen molar-refractivity contribution in [3.63, 3.8) is 0 Å². The Balaban J connectivity index is 1.18. The second kappa shape index (κ2) is 12.5. The Hall–Kier alpha value is -4.34. The monoisotopic (exact) mass is 624 g/mol. The molecule has 1 aromatic carbocycles. The molecule has 220 valence electrons. The molecular formula is C28H23F3N8O2S2. The third-order valence-corrected chi connectivity index (χ3v) is 8.73. The van der Waals surface area contributed by atoms with Gasteiger partial charge >= 0.3 is 6.36 Å². The molecule has 0 unspecified atom stereocenters. The van der Waals surface area contributed by atoms with Crippen LogP contribution in [0.3, 0.4) is 0 Å². The Kier molecular flexibility index (Phi) is 8.35. The Bertz CT molecular complexity index is 1710.